The third-order valence-corrected chi connectivity index (χ3v) is 6.87. The van der Waals surface area contributed by atoms with E-state index in [4.69, 9.17) is 21.1 Å². The molecule has 0 amide bonds. The van der Waals surface area contributed by atoms with Crippen molar-refractivity contribution in [1.82, 2.24) is 4.90 Å². The van der Waals surface area contributed by atoms with Crippen molar-refractivity contribution in [3.8, 4) is 28.4 Å². The van der Waals surface area contributed by atoms with E-state index in [0.29, 0.717) is 5.69 Å². The van der Waals surface area contributed by atoms with Gasteiger partial charge in [-0.05, 0) is 63.3 Å². The number of phenolic OH excluding ortho intramolecular Hbond substituents is 1. The molecule has 2 N–H and O–H groups in total. The first kappa shape index (κ1) is 26.7. The average molecular weight is 525 g/mol. The van der Waals surface area contributed by atoms with E-state index in [0.717, 1.165) is 12.1 Å². The van der Waals surface area contributed by atoms with E-state index in [2.05, 4.69) is 16.7 Å². The maximum absolute atomic E-state index is 14.4. The third-order valence-electron chi connectivity index (χ3n) is 5.39. The number of methoxy groups -OCH3 is 2. The van der Waals surface area contributed by atoms with Crippen LogP contribution >= 0.6 is 11.6 Å². The van der Waals surface area contributed by atoms with Crippen molar-refractivity contribution in [1.29, 1.82) is 0 Å². The molecule has 1 heterocycles. The minimum absolute atomic E-state index is 0.0384. The van der Waals surface area contributed by atoms with E-state index < -0.39 is 22.6 Å². The molecule has 0 radical (unpaired) electrons. The summed E-state index contributed by atoms with van der Waals surface area (Å²) < 4.78 is 54.1. The molecule has 6 nitrogen and oxygen atoms in total. The van der Waals surface area contributed by atoms with E-state index in [1.54, 1.807) is 0 Å². The Morgan fingerprint density at radius 1 is 0.971 bits per heavy atom. The second kappa shape index (κ2) is 12.2. The summed E-state index contributed by atoms with van der Waals surface area (Å²) in [6.45, 7) is 2.64. The Morgan fingerprint density at radius 3 is 2.17 bits per heavy atom. The molecule has 4 rings (SSSR count). The Kier molecular flexibility index (Phi) is 9.31. The molecule has 1 unspecified atom stereocenters. The minimum Gasteiger partial charge on any atom is -0.506 e. The molecule has 3 aromatic carbocycles. The van der Waals surface area contributed by atoms with E-state index >= 15 is 0 Å². The number of likely N-dealkylation sites (tertiary alicyclic amines) is 1. The van der Waals surface area contributed by atoms with Crippen LogP contribution in [0.2, 0.25) is 5.02 Å². The summed E-state index contributed by atoms with van der Waals surface area (Å²) in [5.41, 5.74) is 0.589. The van der Waals surface area contributed by atoms with Crippen LogP contribution in [0.1, 0.15) is 12.8 Å². The molecule has 1 fully saturated rings. The quantitative estimate of drug-likeness (QED) is 0.423. The first-order valence-corrected chi connectivity index (χ1v) is 12.3. The summed E-state index contributed by atoms with van der Waals surface area (Å²) >= 11 is 5.79. The number of ether oxygens (including phenoxy) is 2. The highest BCUT2D eigenvalue weighted by molar-refractivity contribution is 7.86. The van der Waals surface area contributed by atoms with Crippen LogP contribution in [0.15, 0.2) is 53.4 Å². The van der Waals surface area contributed by atoms with Gasteiger partial charge < -0.3 is 24.2 Å². The molecular weight excluding hydrogens is 498 g/mol. The number of rotatable bonds is 6. The van der Waals surface area contributed by atoms with Gasteiger partial charge in [0.05, 0.1) is 29.8 Å². The Morgan fingerprint density at radius 2 is 1.63 bits per heavy atom. The van der Waals surface area contributed by atoms with Crippen molar-refractivity contribution >= 4 is 28.3 Å². The highest BCUT2D eigenvalue weighted by Crippen LogP contribution is 2.39. The molecule has 10 heteroatoms. The molecule has 1 atom stereocenters. The van der Waals surface area contributed by atoms with Gasteiger partial charge in [0, 0.05) is 29.3 Å². The first-order chi connectivity index (χ1) is 16.7. The smallest absolute Gasteiger partial charge is 0.162 e. The van der Waals surface area contributed by atoms with Crippen molar-refractivity contribution < 1.29 is 27.6 Å². The summed E-state index contributed by atoms with van der Waals surface area (Å²) in [5.74, 6) is -1.17. The SMILES string of the molecule is CN1CCCC1.COc1cc(-c2ccc(F)cc2F)c(S(=O)Nc2ccc(Cl)c(O)c2)cc1OC. The van der Waals surface area contributed by atoms with E-state index in [-0.39, 0.29) is 38.3 Å². The summed E-state index contributed by atoms with van der Waals surface area (Å²) in [6.07, 6.45) is 2.83. The normalized spacial score (nSPS) is 14.1. The molecule has 35 heavy (non-hydrogen) atoms. The monoisotopic (exact) mass is 524 g/mol. The summed E-state index contributed by atoms with van der Waals surface area (Å²) in [6, 6.07) is 10.3. The van der Waals surface area contributed by atoms with Gasteiger partial charge in [-0.1, -0.05) is 11.6 Å². The second-order valence-electron chi connectivity index (χ2n) is 7.87. The van der Waals surface area contributed by atoms with E-state index in [1.165, 1.54) is 76.5 Å². The summed E-state index contributed by atoms with van der Waals surface area (Å²) in [4.78, 5) is 2.53. The lowest BCUT2D eigenvalue weighted by Crippen LogP contribution is -2.10. The van der Waals surface area contributed by atoms with Gasteiger partial charge in [0.25, 0.3) is 0 Å². The number of anilines is 1. The van der Waals surface area contributed by atoms with E-state index in [9.17, 15) is 18.1 Å². The maximum atomic E-state index is 14.4. The van der Waals surface area contributed by atoms with Gasteiger partial charge in [0.15, 0.2) is 22.5 Å². The fourth-order valence-corrected chi connectivity index (χ4v) is 4.70. The molecule has 0 spiro atoms. The van der Waals surface area contributed by atoms with Crippen molar-refractivity contribution in [2.75, 3.05) is 39.1 Å². The van der Waals surface area contributed by atoms with Gasteiger partial charge in [-0.3, -0.25) is 0 Å². The molecule has 1 aliphatic rings. The van der Waals surface area contributed by atoms with Crippen LogP contribution in [0.3, 0.4) is 0 Å². The predicted octanol–water partition coefficient (Wildman–Crippen LogP) is 5.85. The lowest BCUT2D eigenvalue weighted by molar-refractivity contribution is 0.354. The molecule has 1 saturated heterocycles. The van der Waals surface area contributed by atoms with Crippen molar-refractivity contribution in [2.45, 2.75) is 17.7 Å². The number of hydrogen-bond donors (Lipinski definition) is 2. The van der Waals surface area contributed by atoms with Crippen LogP contribution in [0, 0.1) is 11.6 Å². The second-order valence-corrected chi connectivity index (χ2v) is 9.46. The number of nitrogens with one attached hydrogen (secondary N) is 1. The fourth-order valence-electron chi connectivity index (χ4n) is 3.55. The van der Waals surface area contributed by atoms with Gasteiger partial charge in [0.2, 0.25) is 0 Å². The largest absolute Gasteiger partial charge is 0.506 e. The number of nitrogens with zero attached hydrogens (tertiary/aromatic N) is 1. The Hall–Kier alpha value is -2.88. The Bertz CT molecular complexity index is 1210. The number of halogens is 3. The van der Waals surface area contributed by atoms with E-state index in [1.807, 2.05) is 0 Å². The maximum Gasteiger partial charge on any atom is 0.162 e. The third kappa shape index (κ3) is 6.84. The van der Waals surface area contributed by atoms with Crippen LogP contribution in [0.4, 0.5) is 14.5 Å². The summed E-state index contributed by atoms with van der Waals surface area (Å²) in [5, 5.41) is 9.88. The molecule has 0 aromatic heterocycles. The zero-order valence-electron chi connectivity index (χ0n) is 19.6. The fraction of sp³-hybridized carbons (Fsp3) is 0.280. The zero-order chi connectivity index (χ0) is 25.5. The molecule has 0 bridgehead atoms. The lowest BCUT2D eigenvalue weighted by atomic mass is 10.0. The number of aromatic hydroxyl groups is 1. The average Bonchev–Trinajstić information content (AvgIpc) is 3.32. The molecule has 188 valence electrons. The molecular formula is C25H27ClF2N2O4S. The highest BCUT2D eigenvalue weighted by atomic mass is 35.5. The lowest BCUT2D eigenvalue weighted by Gasteiger charge is -2.16. The standard InChI is InChI=1S/C20H16ClF2NO4S.C5H11N/c1-27-18-9-14(13-5-3-11(22)7-16(13)23)20(10-19(18)28-2)29(26)24-12-4-6-15(21)17(25)8-12;1-6-4-2-3-5-6/h3-10,24-25H,1-2H3;2-5H2,1H3. The number of hydrogen-bond acceptors (Lipinski definition) is 5. The van der Waals surface area contributed by atoms with Crippen molar-refractivity contribution in [2.24, 2.45) is 0 Å². The van der Waals surface area contributed by atoms with Gasteiger partial charge in [0.1, 0.15) is 17.4 Å². The van der Waals surface area contributed by atoms with Crippen LogP contribution in [0.25, 0.3) is 11.1 Å². The number of benzene rings is 3. The highest BCUT2D eigenvalue weighted by Gasteiger charge is 2.20. The van der Waals surface area contributed by atoms with Crippen LogP contribution in [0.5, 0.6) is 17.2 Å². The van der Waals surface area contributed by atoms with Crippen molar-refractivity contribution in [3.63, 3.8) is 0 Å². The van der Waals surface area contributed by atoms with Gasteiger partial charge in [-0.25, -0.2) is 13.0 Å². The molecule has 0 saturated carbocycles. The van der Waals surface area contributed by atoms with Gasteiger partial charge in [-0.15, -0.1) is 0 Å². The van der Waals surface area contributed by atoms with Crippen LogP contribution in [-0.2, 0) is 11.0 Å². The molecule has 0 aliphatic carbocycles. The summed E-state index contributed by atoms with van der Waals surface area (Å²) in [7, 11) is 3.10. The topological polar surface area (TPSA) is 71.0 Å². The zero-order valence-corrected chi connectivity index (χ0v) is 21.2. The Balaban J connectivity index is 0.000000497. The van der Waals surface area contributed by atoms with Gasteiger partial charge >= 0.3 is 0 Å². The predicted molar refractivity (Wildman–Crippen MR) is 135 cm³/mol. The van der Waals surface area contributed by atoms with Gasteiger partial charge in [-0.2, -0.15) is 0 Å². The van der Waals surface area contributed by atoms with Crippen LogP contribution in [-0.4, -0.2) is 48.6 Å². The Labute approximate surface area is 211 Å². The van der Waals surface area contributed by atoms with Crippen molar-refractivity contribution in [3.05, 3.63) is 65.2 Å². The number of phenols is 1. The first-order valence-electron chi connectivity index (χ1n) is 10.8. The molecule has 3 aromatic rings. The molecule has 1 aliphatic heterocycles. The minimum atomic E-state index is -1.90. The van der Waals surface area contributed by atoms with Crippen LogP contribution < -0.4 is 14.2 Å².